The van der Waals surface area contributed by atoms with Crippen LogP contribution in [-0.4, -0.2) is 134 Å². The van der Waals surface area contributed by atoms with Crippen molar-refractivity contribution in [3.63, 3.8) is 0 Å². The molecule has 0 amide bonds. The predicted octanol–water partition coefficient (Wildman–Crippen LogP) is 11.2. The Bertz CT molecular complexity index is 1790. The van der Waals surface area contributed by atoms with Crippen LogP contribution in [0.25, 0.3) is 0 Å². The second-order valence-electron chi connectivity index (χ2n) is 12.4. The van der Waals surface area contributed by atoms with Gasteiger partial charge in [0.2, 0.25) is 0 Å². The van der Waals surface area contributed by atoms with E-state index in [0.717, 1.165) is 0 Å². The number of piperidine rings is 1. The lowest BCUT2D eigenvalue weighted by Crippen LogP contribution is -2.98. The van der Waals surface area contributed by atoms with Crippen molar-refractivity contribution in [2.75, 3.05) is 0 Å². The van der Waals surface area contributed by atoms with Crippen LogP contribution in [0.1, 0.15) is 0 Å². The van der Waals surface area contributed by atoms with Crippen molar-refractivity contribution in [1.29, 1.82) is 0 Å². The fourth-order valence-electron chi connectivity index (χ4n) is 5.41. The molecule has 4 aliphatic rings. The van der Waals surface area contributed by atoms with Gasteiger partial charge in [-0.25, -0.2) is 8.78 Å². The molecule has 3 heterocycles. The Labute approximate surface area is 316 Å². The third kappa shape index (κ3) is 5.23. The molecule has 0 radical (unpaired) electrons. The van der Waals surface area contributed by atoms with E-state index in [0.29, 0.717) is 0 Å². The molecule has 1 saturated carbocycles. The van der Waals surface area contributed by atoms with Gasteiger partial charge >= 0.3 is 114 Å². The molecule has 0 aromatic rings. The monoisotopic (exact) mass is 1050 g/mol. The molecule has 3 saturated heterocycles. The van der Waals surface area contributed by atoms with Gasteiger partial charge in [-0.15, -0.1) is 8.96 Å². The van der Waals surface area contributed by atoms with Crippen LogP contribution >= 0.6 is 0 Å². The Morgan fingerprint density at radius 3 is 0.781 bits per heavy atom. The van der Waals surface area contributed by atoms with Crippen molar-refractivity contribution in [1.82, 2.24) is 15.1 Å². The summed E-state index contributed by atoms with van der Waals surface area (Å²) in [5, 5.41) is -8.41. The van der Waals surface area contributed by atoms with Crippen LogP contribution in [-0.2, 0) is 9.47 Å². The maximum absolute atomic E-state index is 14.4. The topological polar surface area (TPSA) is 28.2 Å². The molecule has 0 N–H and O–H groups in total. The van der Waals surface area contributed by atoms with E-state index in [4.69, 9.17) is 0 Å². The predicted molar refractivity (Wildman–Crippen MR) is 106 cm³/mol. The summed E-state index contributed by atoms with van der Waals surface area (Å²) in [6, 6.07) is -46.7. The molecule has 0 bridgehead atoms. The Kier molecular flexibility index (Phi) is 11.1. The lowest BCUT2D eigenvalue weighted by atomic mass is 9.59. The van der Waals surface area contributed by atoms with Gasteiger partial charge in [0.15, 0.2) is 0 Å². The zero-order valence-corrected chi connectivity index (χ0v) is 26.9. The molecule has 380 valence electrons. The number of halogens is 39. The Morgan fingerprint density at radius 1 is 0.281 bits per heavy atom. The van der Waals surface area contributed by atoms with E-state index >= 15 is 0 Å². The molecular weight excluding hydrogens is 1060 g/mol. The maximum atomic E-state index is 14.4. The number of nitrogens with zero attached hydrogens (tertiary/aromatic N) is 3. The highest BCUT2D eigenvalue weighted by Crippen LogP contribution is 2.79. The molecule has 44 heteroatoms. The molecule has 3 aliphatic heterocycles. The third-order valence-electron chi connectivity index (χ3n) is 8.76. The molecule has 64 heavy (non-hydrogen) atoms. The quantitative estimate of drug-likeness (QED) is 0.160. The zero-order chi connectivity index (χ0) is 52.1. The minimum Gasteiger partial charge on any atom is -0.264 e. The summed E-state index contributed by atoms with van der Waals surface area (Å²) in [5.74, 6) is -75.8. The number of morpholine rings is 2. The molecule has 5 nitrogen and oxygen atoms in total. The fourth-order valence-corrected chi connectivity index (χ4v) is 5.41. The van der Waals surface area contributed by atoms with Crippen molar-refractivity contribution in [2.45, 2.75) is 119 Å². The van der Waals surface area contributed by atoms with Gasteiger partial charge in [0, 0.05) is 0 Å². The SMILES string of the molecule is FC(F)(F)N1C(F)(F)C(F)(F)C2(F)C(F)(F)C(F)(F)C(F)(F)C(F)(F)C2(F)C1(F)F.FN1C(F)(F)C(F)(F)OC(F)(C(F)(F)C(F)(F)C2(F)OC(F)(F)C(F)(F)N(F)C2(F)F)C1(F)F. The van der Waals surface area contributed by atoms with Crippen LogP contribution in [0, 0.1) is 0 Å². The van der Waals surface area contributed by atoms with E-state index in [1.165, 1.54) is 9.47 Å². The molecule has 0 aromatic carbocycles. The number of alkyl halides is 37. The second kappa shape index (κ2) is 12.8. The van der Waals surface area contributed by atoms with Crippen molar-refractivity contribution >= 4 is 0 Å². The summed E-state index contributed by atoms with van der Waals surface area (Å²) in [4.78, 5) is -4.52. The normalized spacial score (nSPS) is 38.9. The number of hydrogen-bond acceptors (Lipinski definition) is 5. The van der Waals surface area contributed by atoms with Gasteiger partial charge in [-0.2, -0.15) is 154 Å². The van der Waals surface area contributed by atoms with E-state index in [-0.39, 0.29) is 0 Å². The first-order chi connectivity index (χ1) is 27.1. The van der Waals surface area contributed by atoms with Crippen LogP contribution in [0.2, 0.25) is 0 Å². The van der Waals surface area contributed by atoms with Crippen LogP contribution < -0.4 is 0 Å². The Balaban J connectivity index is 0.000000343. The van der Waals surface area contributed by atoms with Crippen molar-refractivity contribution < 1.29 is 181 Å². The van der Waals surface area contributed by atoms with E-state index in [2.05, 4.69) is 0 Å². The minimum atomic E-state index is -8.71. The second-order valence-corrected chi connectivity index (χ2v) is 12.4. The van der Waals surface area contributed by atoms with Gasteiger partial charge in [0.25, 0.3) is 5.67 Å². The third-order valence-corrected chi connectivity index (χ3v) is 8.76. The first-order valence-electron chi connectivity index (χ1n) is 13.7. The molecule has 4 atom stereocenters. The molecule has 4 rings (SSSR count). The van der Waals surface area contributed by atoms with Crippen molar-refractivity contribution in [3.8, 4) is 0 Å². The van der Waals surface area contributed by atoms with Crippen molar-refractivity contribution in [2.24, 2.45) is 0 Å². The number of fused-ring (bicyclic) bond motifs is 1. The number of ether oxygens (including phenoxy) is 2. The zero-order valence-electron chi connectivity index (χ0n) is 26.9. The summed E-state index contributed by atoms with van der Waals surface area (Å²) < 4.78 is 525. The Morgan fingerprint density at radius 2 is 0.531 bits per heavy atom. The van der Waals surface area contributed by atoms with Gasteiger partial charge in [-0.3, -0.25) is 9.47 Å². The maximum Gasteiger partial charge on any atom is 0.469 e. The Hall–Kier alpha value is -2.93. The van der Waals surface area contributed by atoms with Crippen molar-refractivity contribution in [3.05, 3.63) is 0 Å². The molecule has 4 fully saturated rings. The van der Waals surface area contributed by atoms with Gasteiger partial charge in [-0.1, -0.05) is 4.90 Å². The van der Waals surface area contributed by atoms with Gasteiger partial charge in [-0.05, 0) is 10.2 Å². The summed E-state index contributed by atoms with van der Waals surface area (Å²) in [6.07, 6.45) is -22.5. The molecular formula is C20F39N3O2. The average molecular weight is 1060 g/mol. The average Bonchev–Trinajstić information content (AvgIpc) is 3.05. The van der Waals surface area contributed by atoms with Gasteiger partial charge in [0.1, 0.15) is 0 Å². The summed E-state index contributed by atoms with van der Waals surface area (Å²) >= 11 is 0. The van der Waals surface area contributed by atoms with Crippen LogP contribution in [0.15, 0.2) is 0 Å². The first kappa shape index (κ1) is 55.4. The summed E-state index contributed by atoms with van der Waals surface area (Å²) in [5.41, 5.74) is -17.4. The largest absolute Gasteiger partial charge is 0.469 e. The van der Waals surface area contributed by atoms with E-state index < -0.39 is 134 Å². The van der Waals surface area contributed by atoms with Crippen LogP contribution in [0.3, 0.4) is 0 Å². The van der Waals surface area contributed by atoms with Crippen LogP contribution in [0.4, 0.5) is 171 Å². The van der Waals surface area contributed by atoms with Gasteiger partial charge in [0.05, 0.1) is 0 Å². The fraction of sp³-hybridized carbons (Fsp3) is 1.00. The molecule has 0 spiro atoms. The van der Waals surface area contributed by atoms with E-state index in [1.807, 2.05) is 0 Å². The lowest BCUT2D eigenvalue weighted by Gasteiger charge is -2.63. The first-order valence-corrected chi connectivity index (χ1v) is 13.7. The summed E-state index contributed by atoms with van der Waals surface area (Å²) in [7, 11) is 0. The number of likely N-dealkylation sites (tertiary alicyclic amines) is 1. The summed E-state index contributed by atoms with van der Waals surface area (Å²) in [6.45, 7) is 0. The molecule has 4 unspecified atom stereocenters. The smallest absolute Gasteiger partial charge is 0.264 e. The highest BCUT2D eigenvalue weighted by atomic mass is 19.4. The van der Waals surface area contributed by atoms with Gasteiger partial charge < -0.3 is 0 Å². The van der Waals surface area contributed by atoms with Crippen LogP contribution in [0.5, 0.6) is 0 Å². The highest BCUT2D eigenvalue weighted by molar-refractivity contribution is 5.39. The lowest BCUT2D eigenvalue weighted by molar-refractivity contribution is -0.619. The standard InChI is InChI=1S/C10F20N2O2.C10F19N/c11-1(12,3(15)5(17,18)31(29)7(21,22)9(25,26)33-3)2(13,14)4(16)6(19,20)32(30)8(23,24)10(27,28)34-4;11-1-2(12,4(15,16)7(21,22)6(19,20)3(1,13)14)8(23,24)30(10(27,28)29)9(25,26)5(1,17)18. The number of hydrogen-bond donors (Lipinski definition) is 0. The number of rotatable bonds is 3. The van der Waals surface area contributed by atoms with E-state index in [1.54, 1.807) is 0 Å². The minimum absolute atomic E-state index is 1.52. The van der Waals surface area contributed by atoms with E-state index in [9.17, 15) is 171 Å². The molecule has 1 aliphatic carbocycles. The molecule has 0 aromatic heterocycles. The highest BCUT2D eigenvalue weighted by Gasteiger charge is 3.13.